The fourth-order valence-corrected chi connectivity index (χ4v) is 4.21. The molecule has 1 aliphatic rings. The van der Waals surface area contributed by atoms with Crippen molar-refractivity contribution in [1.29, 1.82) is 0 Å². The molecule has 146 valence electrons. The minimum absolute atomic E-state index is 0.241. The zero-order valence-electron chi connectivity index (χ0n) is 17.0. The fraction of sp³-hybridized carbons (Fsp3) is 0.500. The summed E-state index contributed by atoms with van der Waals surface area (Å²) in [6.45, 7) is 7.57. The van der Waals surface area contributed by atoms with Crippen LogP contribution in [-0.4, -0.2) is 26.4 Å². The van der Waals surface area contributed by atoms with Crippen molar-refractivity contribution < 1.29 is 14.8 Å². The van der Waals surface area contributed by atoms with Crippen LogP contribution in [0.3, 0.4) is 0 Å². The van der Waals surface area contributed by atoms with Gasteiger partial charge in [-0.2, -0.15) is 0 Å². The van der Waals surface area contributed by atoms with Gasteiger partial charge < -0.3 is 14.8 Å². The van der Waals surface area contributed by atoms with Crippen LogP contribution in [0.5, 0.6) is 5.75 Å². The van der Waals surface area contributed by atoms with Crippen LogP contribution >= 0.6 is 0 Å². The van der Waals surface area contributed by atoms with Crippen molar-refractivity contribution >= 4 is 0 Å². The zero-order chi connectivity index (χ0) is 19.1. The maximum absolute atomic E-state index is 6.09. The molecule has 0 spiro atoms. The summed E-state index contributed by atoms with van der Waals surface area (Å²) in [5.41, 5.74) is 3.07. The Morgan fingerprint density at radius 1 is 1.11 bits per heavy atom. The maximum Gasteiger partial charge on any atom is 0.118 e. The minimum Gasteiger partial charge on any atom is -0.497 e. The summed E-state index contributed by atoms with van der Waals surface area (Å²) >= 11 is 0. The number of rotatable bonds is 8. The van der Waals surface area contributed by atoms with Crippen molar-refractivity contribution in [3.05, 3.63) is 65.7 Å². The van der Waals surface area contributed by atoms with E-state index in [9.17, 15) is 0 Å². The lowest BCUT2D eigenvalue weighted by molar-refractivity contribution is -0.671. The van der Waals surface area contributed by atoms with E-state index in [0.29, 0.717) is 12.0 Å². The van der Waals surface area contributed by atoms with Gasteiger partial charge in [-0.15, -0.1) is 0 Å². The zero-order valence-corrected chi connectivity index (χ0v) is 17.0. The Hall–Kier alpha value is -1.84. The quantitative estimate of drug-likeness (QED) is 0.717. The van der Waals surface area contributed by atoms with Crippen LogP contribution in [0.4, 0.5) is 0 Å². The average Bonchev–Trinajstić information content (AvgIpc) is 2.72. The van der Waals surface area contributed by atoms with Gasteiger partial charge in [0.05, 0.1) is 19.8 Å². The minimum atomic E-state index is 0.241. The molecular weight excluding hydrogens is 334 g/mol. The van der Waals surface area contributed by atoms with Crippen LogP contribution in [-0.2, 0) is 16.7 Å². The normalized spacial score (nSPS) is 22.7. The van der Waals surface area contributed by atoms with Crippen molar-refractivity contribution in [2.75, 3.05) is 20.3 Å². The van der Waals surface area contributed by atoms with Gasteiger partial charge >= 0.3 is 0 Å². The van der Waals surface area contributed by atoms with E-state index >= 15 is 0 Å². The second kappa shape index (κ2) is 9.38. The third kappa shape index (κ3) is 5.12. The molecule has 3 rings (SSSR count). The van der Waals surface area contributed by atoms with Crippen molar-refractivity contribution in [3.63, 3.8) is 0 Å². The first-order valence-electron chi connectivity index (χ1n) is 10.2. The molecule has 1 fully saturated rings. The number of benzene rings is 2. The van der Waals surface area contributed by atoms with Gasteiger partial charge in [-0.3, -0.25) is 0 Å². The second-order valence-corrected chi connectivity index (χ2v) is 8.13. The highest BCUT2D eigenvalue weighted by Crippen LogP contribution is 2.41. The molecule has 0 saturated carbocycles. The largest absolute Gasteiger partial charge is 0.497 e. The Balaban J connectivity index is 1.63. The molecule has 1 saturated heterocycles. The summed E-state index contributed by atoms with van der Waals surface area (Å²) in [7, 11) is 1.71. The second-order valence-electron chi connectivity index (χ2n) is 8.13. The van der Waals surface area contributed by atoms with Crippen LogP contribution in [0.15, 0.2) is 54.6 Å². The molecule has 3 heteroatoms. The highest BCUT2D eigenvalue weighted by atomic mass is 16.5. The summed E-state index contributed by atoms with van der Waals surface area (Å²) in [6.07, 6.45) is 3.81. The van der Waals surface area contributed by atoms with E-state index in [1.807, 2.05) is 12.1 Å². The van der Waals surface area contributed by atoms with E-state index in [4.69, 9.17) is 9.47 Å². The molecule has 0 amide bonds. The third-order valence-corrected chi connectivity index (χ3v) is 6.00. The van der Waals surface area contributed by atoms with Gasteiger partial charge in [-0.1, -0.05) is 44.2 Å². The summed E-state index contributed by atoms with van der Waals surface area (Å²) in [5, 5.41) is 2.44. The van der Waals surface area contributed by atoms with Crippen LogP contribution in [0.1, 0.15) is 44.2 Å². The van der Waals surface area contributed by atoms with E-state index in [0.717, 1.165) is 38.3 Å². The summed E-state index contributed by atoms with van der Waals surface area (Å²) in [4.78, 5) is 0. The molecule has 2 N–H and O–H groups in total. The lowest BCUT2D eigenvalue weighted by Crippen LogP contribution is -2.83. The average molecular weight is 369 g/mol. The monoisotopic (exact) mass is 368 g/mol. The highest BCUT2D eigenvalue weighted by molar-refractivity contribution is 5.27. The van der Waals surface area contributed by atoms with E-state index in [2.05, 4.69) is 61.6 Å². The van der Waals surface area contributed by atoms with Crippen molar-refractivity contribution in [3.8, 4) is 5.75 Å². The number of methoxy groups -OCH3 is 1. The smallest absolute Gasteiger partial charge is 0.118 e. The number of ether oxygens (including phenoxy) is 2. The summed E-state index contributed by atoms with van der Waals surface area (Å²) in [6, 6.07) is 19.5. The molecule has 0 aliphatic carbocycles. The van der Waals surface area contributed by atoms with E-state index in [1.54, 1.807) is 7.11 Å². The Labute approximate surface area is 164 Å². The van der Waals surface area contributed by atoms with Gasteiger partial charge in [-0.25, -0.2) is 0 Å². The van der Waals surface area contributed by atoms with Crippen LogP contribution in [0.25, 0.3) is 0 Å². The van der Waals surface area contributed by atoms with Crippen molar-refractivity contribution in [1.82, 2.24) is 0 Å². The molecule has 0 unspecified atom stereocenters. The van der Waals surface area contributed by atoms with Gasteiger partial charge in [0.1, 0.15) is 12.3 Å². The van der Waals surface area contributed by atoms with E-state index in [1.165, 1.54) is 17.5 Å². The lowest BCUT2D eigenvalue weighted by atomic mass is 9.68. The summed E-state index contributed by atoms with van der Waals surface area (Å²) in [5.74, 6) is 1.49. The van der Waals surface area contributed by atoms with Crippen LogP contribution < -0.4 is 10.1 Å². The number of quaternary nitrogens is 1. The molecule has 1 aliphatic heterocycles. The van der Waals surface area contributed by atoms with Gasteiger partial charge in [0.25, 0.3) is 0 Å². The molecule has 0 radical (unpaired) electrons. The van der Waals surface area contributed by atoms with Gasteiger partial charge in [-0.05, 0) is 48.6 Å². The third-order valence-electron chi connectivity index (χ3n) is 6.00. The van der Waals surface area contributed by atoms with Crippen LogP contribution in [0.2, 0.25) is 0 Å². The molecule has 3 nitrogen and oxygen atoms in total. The van der Waals surface area contributed by atoms with Gasteiger partial charge in [0.2, 0.25) is 0 Å². The van der Waals surface area contributed by atoms with Gasteiger partial charge in [0, 0.05) is 24.0 Å². The molecule has 0 aromatic heterocycles. The number of hydrogen-bond donors (Lipinski definition) is 1. The van der Waals surface area contributed by atoms with Crippen molar-refractivity contribution in [2.45, 2.75) is 51.2 Å². The maximum atomic E-state index is 6.09. The summed E-state index contributed by atoms with van der Waals surface area (Å²) < 4.78 is 11.3. The Bertz CT molecular complexity index is 683. The highest BCUT2D eigenvalue weighted by Gasteiger charge is 2.39. The Morgan fingerprint density at radius 2 is 1.85 bits per heavy atom. The molecule has 2 aromatic rings. The van der Waals surface area contributed by atoms with Crippen molar-refractivity contribution in [2.24, 2.45) is 5.92 Å². The molecule has 0 bridgehead atoms. The Kier molecular flexibility index (Phi) is 6.92. The number of nitrogens with two attached hydrogens (primary N) is 1. The lowest BCUT2D eigenvalue weighted by Gasteiger charge is -2.42. The standard InChI is InChI=1S/C24H33NO2/c1-19(2)23-17-24(14-16-27-23,21-7-5-4-6-8-21)13-15-25-18-20-9-11-22(26-3)12-10-20/h4-12,19,23,25H,13-18H2,1-3H3/p+1/t23-,24+/m1/s1. The SMILES string of the molecule is COc1ccc(C[NH2+]CC[C@]2(c3ccccc3)CCO[C@@H](C(C)C)C2)cc1. The molecule has 1 heterocycles. The predicted molar refractivity (Wildman–Crippen MR) is 110 cm³/mol. The Morgan fingerprint density at radius 3 is 2.52 bits per heavy atom. The topological polar surface area (TPSA) is 35.1 Å². The molecule has 2 aromatic carbocycles. The molecule has 2 atom stereocenters. The first-order chi connectivity index (χ1) is 13.1. The predicted octanol–water partition coefficient (Wildman–Crippen LogP) is 3.92. The van der Waals surface area contributed by atoms with E-state index < -0.39 is 0 Å². The fourth-order valence-electron chi connectivity index (χ4n) is 4.21. The molecular formula is C24H34NO2+. The first-order valence-corrected chi connectivity index (χ1v) is 10.2. The van der Waals surface area contributed by atoms with Gasteiger partial charge in [0.15, 0.2) is 0 Å². The van der Waals surface area contributed by atoms with Crippen LogP contribution in [0, 0.1) is 5.92 Å². The van der Waals surface area contributed by atoms with E-state index in [-0.39, 0.29) is 5.41 Å². The molecule has 27 heavy (non-hydrogen) atoms. The number of hydrogen-bond acceptors (Lipinski definition) is 2. The first kappa shape index (κ1) is 19.9.